The Labute approximate surface area is 124 Å². The summed E-state index contributed by atoms with van der Waals surface area (Å²) in [4.78, 5) is 11.5. The Hall–Kier alpha value is -2.49. The SMILES string of the molecule is CC(C)(C)c1c(N)cc(C(=O)O)c(-c2ccccc2)c1N. The molecule has 0 saturated heterocycles. The predicted octanol–water partition coefficient (Wildman–Crippen LogP) is 3.51. The van der Waals surface area contributed by atoms with Gasteiger partial charge in [0.2, 0.25) is 0 Å². The molecule has 0 radical (unpaired) electrons. The Bertz CT molecular complexity index is 686. The summed E-state index contributed by atoms with van der Waals surface area (Å²) in [5, 5.41) is 9.46. The molecular formula is C17H20N2O2. The highest BCUT2D eigenvalue weighted by Gasteiger charge is 2.26. The molecule has 4 nitrogen and oxygen atoms in total. The minimum absolute atomic E-state index is 0.129. The molecule has 0 aliphatic heterocycles. The van der Waals surface area contributed by atoms with Crippen molar-refractivity contribution in [3.63, 3.8) is 0 Å². The minimum Gasteiger partial charge on any atom is -0.478 e. The number of hydrogen-bond acceptors (Lipinski definition) is 3. The number of nitrogen functional groups attached to an aromatic ring is 2. The fourth-order valence-corrected chi connectivity index (χ4v) is 2.65. The molecule has 110 valence electrons. The van der Waals surface area contributed by atoms with Crippen LogP contribution in [0.25, 0.3) is 11.1 Å². The Morgan fingerprint density at radius 2 is 1.67 bits per heavy atom. The smallest absolute Gasteiger partial charge is 0.336 e. The average Bonchev–Trinajstić information content (AvgIpc) is 2.37. The number of rotatable bonds is 2. The van der Waals surface area contributed by atoms with Gasteiger partial charge in [0.15, 0.2) is 0 Å². The van der Waals surface area contributed by atoms with Crippen molar-refractivity contribution in [2.24, 2.45) is 0 Å². The summed E-state index contributed by atoms with van der Waals surface area (Å²) in [7, 11) is 0. The average molecular weight is 284 g/mol. The largest absolute Gasteiger partial charge is 0.478 e. The zero-order valence-corrected chi connectivity index (χ0v) is 12.5. The van der Waals surface area contributed by atoms with Crippen LogP contribution in [0.3, 0.4) is 0 Å². The quantitative estimate of drug-likeness (QED) is 0.736. The topological polar surface area (TPSA) is 89.3 Å². The van der Waals surface area contributed by atoms with E-state index in [-0.39, 0.29) is 11.0 Å². The molecule has 0 amide bonds. The number of anilines is 2. The van der Waals surface area contributed by atoms with E-state index in [1.165, 1.54) is 6.07 Å². The summed E-state index contributed by atoms with van der Waals surface area (Å²) in [6.45, 7) is 6.01. The fraction of sp³-hybridized carbons (Fsp3) is 0.235. The highest BCUT2D eigenvalue weighted by molar-refractivity contribution is 6.02. The molecule has 0 aliphatic rings. The third-order valence-electron chi connectivity index (χ3n) is 3.44. The molecule has 0 atom stereocenters. The first-order valence-corrected chi connectivity index (χ1v) is 6.74. The first-order chi connectivity index (χ1) is 9.73. The minimum atomic E-state index is -1.03. The summed E-state index contributed by atoms with van der Waals surface area (Å²) < 4.78 is 0. The summed E-state index contributed by atoms with van der Waals surface area (Å²) in [6, 6.07) is 10.8. The van der Waals surface area contributed by atoms with Crippen LogP contribution in [0.2, 0.25) is 0 Å². The van der Waals surface area contributed by atoms with Crippen LogP contribution in [-0.2, 0) is 5.41 Å². The van der Waals surface area contributed by atoms with Gasteiger partial charge in [-0.15, -0.1) is 0 Å². The van der Waals surface area contributed by atoms with E-state index in [1.807, 2.05) is 51.1 Å². The molecule has 0 bridgehead atoms. The van der Waals surface area contributed by atoms with Crippen LogP contribution >= 0.6 is 0 Å². The Balaban J connectivity index is 2.87. The second-order valence-electron chi connectivity index (χ2n) is 6.10. The van der Waals surface area contributed by atoms with Crippen LogP contribution in [-0.4, -0.2) is 11.1 Å². The first-order valence-electron chi connectivity index (χ1n) is 6.74. The van der Waals surface area contributed by atoms with Crippen LogP contribution < -0.4 is 11.5 Å². The van der Waals surface area contributed by atoms with Crippen molar-refractivity contribution in [2.45, 2.75) is 26.2 Å². The number of hydrogen-bond donors (Lipinski definition) is 3. The molecule has 5 N–H and O–H groups in total. The van der Waals surface area contributed by atoms with Crippen LogP contribution in [0.15, 0.2) is 36.4 Å². The molecule has 0 spiro atoms. The van der Waals surface area contributed by atoms with Gasteiger partial charge in [0.05, 0.1) is 5.56 Å². The van der Waals surface area contributed by atoms with E-state index in [4.69, 9.17) is 11.5 Å². The summed E-state index contributed by atoms with van der Waals surface area (Å²) in [5.41, 5.74) is 15.1. The van der Waals surface area contributed by atoms with Gasteiger partial charge in [-0.25, -0.2) is 4.79 Å². The van der Waals surface area contributed by atoms with Crippen molar-refractivity contribution in [1.29, 1.82) is 0 Å². The van der Waals surface area contributed by atoms with Crippen LogP contribution in [0.5, 0.6) is 0 Å². The first kappa shape index (κ1) is 14.9. The van der Waals surface area contributed by atoms with Crippen molar-refractivity contribution in [2.75, 3.05) is 11.5 Å². The van der Waals surface area contributed by atoms with Crippen LogP contribution in [0, 0.1) is 0 Å². The maximum atomic E-state index is 11.5. The van der Waals surface area contributed by atoms with Crippen molar-refractivity contribution in [3.05, 3.63) is 47.5 Å². The van der Waals surface area contributed by atoms with Gasteiger partial charge in [-0.05, 0) is 17.0 Å². The summed E-state index contributed by atoms with van der Waals surface area (Å²) in [6.07, 6.45) is 0. The number of aromatic carboxylic acids is 1. The number of benzene rings is 2. The molecule has 0 aromatic heterocycles. The third kappa shape index (κ3) is 2.70. The van der Waals surface area contributed by atoms with Crippen LogP contribution in [0.4, 0.5) is 11.4 Å². The van der Waals surface area contributed by atoms with E-state index in [0.29, 0.717) is 16.9 Å². The lowest BCUT2D eigenvalue weighted by molar-refractivity contribution is 0.0697. The van der Waals surface area contributed by atoms with E-state index in [1.54, 1.807) is 0 Å². The third-order valence-corrected chi connectivity index (χ3v) is 3.44. The normalized spacial score (nSPS) is 11.4. The van der Waals surface area contributed by atoms with Gasteiger partial charge in [0.1, 0.15) is 0 Å². The molecule has 2 aromatic rings. The number of nitrogens with two attached hydrogens (primary N) is 2. The fourth-order valence-electron chi connectivity index (χ4n) is 2.65. The summed E-state index contributed by atoms with van der Waals surface area (Å²) in [5.74, 6) is -1.03. The zero-order chi connectivity index (χ0) is 15.8. The maximum absolute atomic E-state index is 11.5. The van der Waals surface area contributed by atoms with Gasteiger partial charge in [-0.1, -0.05) is 51.1 Å². The highest BCUT2D eigenvalue weighted by atomic mass is 16.4. The van der Waals surface area contributed by atoms with Crippen LogP contribution in [0.1, 0.15) is 36.7 Å². The number of carbonyl (C=O) groups is 1. The maximum Gasteiger partial charge on any atom is 0.336 e. The van der Waals surface area contributed by atoms with E-state index in [0.717, 1.165) is 11.1 Å². The molecule has 2 aromatic carbocycles. The van der Waals surface area contributed by atoms with Crippen molar-refractivity contribution in [1.82, 2.24) is 0 Å². The Morgan fingerprint density at radius 3 is 2.14 bits per heavy atom. The molecule has 0 unspecified atom stereocenters. The van der Waals surface area contributed by atoms with E-state index >= 15 is 0 Å². The highest BCUT2D eigenvalue weighted by Crippen LogP contribution is 2.41. The monoisotopic (exact) mass is 284 g/mol. The second-order valence-corrected chi connectivity index (χ2v) is 6.10. The molecule has 0 saturated carbocycles. The number of carboxylic acid groups (broad SMARTS) is 1. The standard InChI is InChI=1S/C17H20N2O2/c1-17(2,3)14-12(18)9-11(16(20)21)13(15(14)19)10-7-5-4-6-8-10/h4-9H,18-19H2,1-3H3,(H,20,21). The lowest BCUT2D eigenvalue weighted by Crippen LogP contribution is -2.19. The van der Waals surface area contributed by atoms with Crippen molar-refractivity contribution < 1.29 is 9.90 Å². The van der Waals surface area contributed by atoms with Gasteiger partial charge >= 0.3 is 5.97 Å². The molecule has 21 heavy (non-hydrogen) atoms. The molecule has 0 heterocycles. The molecule has 0 fully saturated rings. The molecular weight excluding hydrogens is 264 g/mol. The van der Waals surface area contributed by atoms with Gasteiger partial charge in [-0.2, -0.15) is 0 Å². The van der Waals surface area contributed by atoms with E-state index < -0.39 is 5.97 Å². The molecule has 4 heteroatoms. The van der Waals surface area contributed by atoms with Gasteiger partial charge in [0.25, 0.3) is 0 Å². The second kappa shape index (κ2) is 5.13. The van der Waals surface area contributed by atoms with E-state index in [2.05, 4.69) is 0 Å². The lowest BCUT2D eigenvalue weighted by atomic mass is 9.81. The predicted molar refractivity (Wildman–Crippen MR) is 86.4 cm³/mol. The van der Waals surface area contributed by atoms with Gasteiger partial charge in [-0.3, -0.25) is 0 Å². The van der Waals surface area contributed by atoms with Crippen molar-refractivity contribution in [3.8, 4) is 11.1 Å². The van der Waals surface area contributed by atoms with Gasteiger partial charge in [0, 0.05) is 22.5 Å². The van der Waals surface area contributed by atoms with Gasteiger partial charge < -0.3 is 16.6 Å². The Morgan fingerprint density at radius 1 is 1.10 bits per heavy atom. The van der Waals surface area contributed by atoms with E-state index in [9.17, 15) is 9.90 Å². The number of carboxylic acids is 1. The molecule has 0 aliphatic carbocycles. The Kier molecular flexibility index (Phi) is 3.64. The molecule has 2 rings (SSSR count). The summed E-state index contributed by atoms with van der Waals surface area (Å²) >= 11 is 0. The zero-order valence-electron chi connectivity index (χ0n) is 12.5. The lowest BCUT2D eigenvalue weighted by Gasteiger charge is -2.26. The van der Waals surface area contributed by atoms with Crippen molar-refractivity contribution >= 4 is 17.3 Å².